The Bertz CT molecular complexity index is 697. The fourth-order valence-electron chi connectivity index (χ4n) is 1.84. The Morgan fingerprint density at radius 2 is 1.95 bits per heavy atom. The van der Waals surface area contributed by atoms with Gasteiger partial charge in [0.05, 0.1) is 11.8 Å². The Kier molecular flexibility index (Phi) is 4.77. The molecule has 0 aliphatic rings. The van der Waals surface area contributed by atoms with Crippen molar-refractivity contribution in [3.63, 3.8) is 0 Å². The molecule has 6 nitrogen and oxygen atoms in total. The Hall–Kier alpha value is -2.83. The minimum atomic E-state index is -0.573. The van der Waals surface area contributed by atoms with Gasteiger partial charge >= 0.3 is 6.03 Å². The molecule has 0 fully saturated rings. The summed E-state index contributed by atoms with van der Waals surface area (Å²) in [6, 6.07) is 5.50. The van der Waals surface area contributed by atoms with Crippen LogP contribution in [0.2, 0.25) is 0 Å². The van der Waals surface area contributed by atoms with Crippen molar-refractivity contribution in [3.05, 3.63) is 58.8 Å². The Labute approximate surface area is 126 Å². The molecule has 1 aromatic carbocycles. The lowest BCUT2D eigenvalue weighted by Crippen LogP contribution is -2.46. The zero-order chi connectivity index (χ0) is 16.1. The second-order valence-corrected chi connectivity index (χ2v) is 4.74. The number of amides is 3. The maximum Gasteiger partial charge on any atom is 0.333 e. The number of hydrazine groups is 1. The quantitative estimate of drug-likeness (QED) is 0.760. The van der Waals surface area contributed by atoms with E-state index in [-0.39, 0.29) is 12.4 Å². The average molecular weight is 305 g/mol. The van der Waals surface area contributed by atoms with Crippen LogP contribution in [0.15, 0.2) is 34.9 Å². The number of rotatable bonds is 3. The summed E-state index contributed by atoms with van der Waals surface area (Å²) < 4.78 is 18.1. The summed E-state index contributed by atoms with van der Waals surface area (Å²) in [4.78, 5) is 23.3. The molecule has 2 rings (SSSR count). The Balaban J connectivity index is 1.79. The molecule has 1 aromatic heterocycles. The van der Waals surface area contributed by atoms with E-state index in [0.29, 0.717) is 16.9 Å². The number of furan rings is 1. The van der Waals surface area contributed by atoms with E-state index in [1.807, 2.05) is 0 Å². The first kappa shape index (κ1) is 15.6. The fraction of sp³-hybridized carbons (Fsp3) is 0.200. The molecule has 2 aromatic rings. The highest BCUT2D eigenvalue weighted by atomic mass is 19.1. The Morgan fingerprint density at radius 1 is 1.18 bits per heavy atom. The molecule has 116 valence electrons. The first-order valence-corrected chi connectivity index (χ1v) is 6.60. The van der Waals surface area contributed by atoms with Gasteiger partial charge in [-0.25, -0.2) is 14.6 Å². The number of halogens is 1. The van der Waals surface area contributed by atoms with Crippen LogP contribution in [-0.4, -0.2) is 11.9 Å². The van der Waals surface area contributed by atoms with E-state index >= 15 is 0 Å². The predicted molar refractivity (Wildman–Crippen MR) is 77.4 cm³/mol. The van der Waals surface area contributed by atoms with Gasteiger partial charge in [-0.05, 0) is 37.1 Å². The predicted octanol–water partition coefficient (Wildman–Crippen LogP) is 2.18. The summed E-state index contributed by atoms with van der Waals surface area (Å²) in [6.45, 7) is 3.51. The zero-order valence-electron chi connectivity index (χ0n) is 12.2. The molecule has 22 heavy (non-hydrogen) atoms. The lowest BCUT2D eigenvalue weighted by molar-refractivity contribution is 0.0934. The lowest BCUT2D eigenvalue weighted by Gasteiger charge is -2.09. The monoisotopic (exact) mass is 305 g/mol. The van der Waals surface area contributed by atoms with Gasteiger partial charge in [0.1, 0.15) is 11.6 Å². The normalized spacial score (nSPS) is 10.1. The van der Waals surface area contributed by atoms with Gasteiger partial charge in [-0.1, -0.05) is 12.1 Å². The molecule has 0 spiro atoms. The van der Waals surface area contributed by atoms with E-state index in [9.17, 15) is 14.0 Å². The zero-order valence-corrected chi connectivity index (χ0v) is 12.2. The van der Waals surface area contributed by atoms with Gasteiger partial charge in [0.15, 0.2) is 0 Å². The third-order valence-corrected chi connectivity index (χ3v) is 3.07. The molecule has 0 aliphatic carbocycles. The van der Waals surface area contributed by atoms with Crippen LogP contribution >= 0.6 is 0 Å². The molecule has 0 unspecified atom stereocenters. The minimum absolute atomic E-state index is 0.216. The molecule has 0 saturated heterocycles. The molecule has 0 radical (unpaired) electrons. The summed E-state index contributed by atoms with van der Waals surface area (Å²) in [5.74, 6) is -0.309. The summed E-state index contributed by atoms with van der Waals surface area (Å²) in [5, 5.41) is 2.55. The van der Waals surface area contributed by atoms with Crippen LogP contribution < -0.4 is 16.2 Å². The average Bonchev–Trinajstić information content (AvgIpc) is 2.92. The topological polar surface area (TPSA) is 83.4 Å². The molecule has 3 N–H and O–H groups in total. The number of benzene rings is 1. The van der Waals surface area contributed by atoms with Crippen LogP contribution in [0.4, 0.5) is 9.18 Å². The van der Waals surface area contributed by atoms with Crippen molar-refractivity contribution in [1.29, 1.82) is 0 Å². The third-order valence-electron chi connectivity index (χ3n) is 3.07. The van der Waals surface area contributed by atoms with Crippen molar-refractivity contribution >= 4 is 11.9 Å². The molecule has 0 aliphatic heterocycles. The second kappa shape index (κ2) is 6.75. The highest BCUT2D eigenvalue weighted by Crippen LogP contribution is 2.09. The van der Waals surface area contributed by atoms with Gasteiger partial charge in [-0.3, -0.25) is 10.2 Å². The molecule has 0 atom stereocenters. The van der Waals surface area contributed by atoms with E-state index in [2.05, 4.69) is 16.2 Å². The maximum atomic E-state index is 13.1. The number of hydrogen-bond donors (Lipinski definition) is 3. The number of hydrogen-bond acceptors (Lipinski definition) is 3. The van der Waals surface area contributed by atoms with Crippen molar-refractivity contribution < 1.29 is 18.4 Å². The molecule has 7 heteroatoms. The summed E-state index contributed by atoms with van der Waals surface area (Å²) >= 11 is 0. The number of urea groups is 1. The smallest absolute Gasteiger partial charge is 0.333 e. The van der Waals surface area contributed by atoms with Crippen LogP contribution in [0.5, 0.6) is 0 Å². The summed E-state index contributed by atoms with van der Waals surface area (Å²) in [6.07, 6.45) is 1.39. The van der Waals surface area contributed by atoms with E-state index in [0.717, 1.165) is 5.56 Å². The summed E-state index contributed by atoms with van der Waals surface area (Å²) in [5.41, 5.74) is 6.09. The van der Waals surface area contributed by atoms with Gasteiger partial charge < -0.3 is 9.73 Å². The highest BCUT2D eigenvalue weighted by Gasteiger charge is 2.11. The number of carbonyl (C=O) groups excluding carboxylic acids is 2. The van der Waals surface area contributed by atoms with Crippen LogP contribution in [0.1, 0.15) is 27.2 Å². The Morgan fingerprint density at radius 3 is 2.59 bits per heavy atom. The molecule has 3 amide bonds. The minimum Gasteiger partial charge on any atom is -0.469 e. The number of nitrogens with one attached hydrogen (secondary N) is 3. The summed E-state index contributed by atoms with van der Waals surface area (Å²) in [7, 11) is 0. The first-order chi connectivity index (χ1) is 10.5. The van der Waals surface area contributed by atoms with Crippen LogP contribution in [0.3, 0.4) is 0 Å². The number of aryl methyl sites for hydroxylation is 2. The standard InChI is InChI=1S/C15H16FN3O3/c1-9-7-11(3-4-13(9)16)8-17-15(21)19-18-14(20)12-5-6-22-10(12)2/h3-7H,8H2,1-2H3,(H,18,20)(H2,17,19,21). The van der Waals surface area contributed by atoms with Gasteiger partial charge in [0.25, 0.3) is 5.91 Å². The van der Waals surface area contributed by atoms with Crippen molar-refractivity contribution in [2.45, 2.75) is 20.4 Å². The van der Waals surface area contributed by atoms with Crippen molar-refractivity contribution in [2.75, 3.05) is 0 Å². The van der Waals surface area contributed by atoms with Crippen LogP contribution in [0.25, 0.3) is 0 Å². The maximum absolute atomic E-state index is 13.1. The third kappa shape index (κ3) is 3.85. The van der Waals surface area contributed by atoms with Crippen molar-refractivity contribution in [2.24, 2.45) is 0 Å². The molecule has 0 bridgehead atoms. The van der Waals surface area contributed by atoms with Gasteiger partial charge in [0.2, 0.25) is 0 Å². The molecule has 1 heterocycles. The van der Waals surface area contributed by atoms with Crippen molar-refractivity contribution in [3.8, 4) is 0 Å². The van der Waals surface area contributed by atoms with E-state index in [1.165, 1.54) is 18.4 Å². The van der Waals surface area contributed by atoms with Crippen molar-refractivity contribution in [1.82, 2.24) is 16.2 Å². The van der Waals surface area contributed by atoms with E-state index in [4.69, 9.17) is 4.42 Å². The van der Waals surface area contributed by atoms with Gasteiger partial charge in [-0.15, -0.1) is 0 Å². The van der Waals surface area contributed by atoms with Gasteiger partial charge in [-0.2, -0.15) is 0 Å². The second-order valence-electron chi connectivity index (χ2n) is 4.74. The molecular weight excluding hydrogens is 289 g/mol. The first-order valence-electron chi connectivity index (χ1n) is 6.60. The number of carbonyl (C=O) groups is 2. The SMILES string of the molecule is Cc1cc(CNC(=O)NNC(=O)c2ccoc2C)ccc1F. The van der Waals surface area contributed by atoms with Crippen LogP contribution in [0, 0.1) is 19.7 Å². The highest BCUT2D eigenvalue weighted by molar-refractivity contribution is 5.95. The largest absolute Gasteiger partial charge is 0.469 e. The lowest BCUT2D eigenvalue weighted by atomic mass is 10.1. The molecular formula is C15H16FN3O3. The molecule has 0 saturated carbocycles. The van der Waals surface area contributed by atoms with Gasteiger partial charge in [0, 0.05) is 6.54 Å². The van der Waals surface area contributed by atoms with E-state index < -0.39 is 11.9 Å². The fourth-order valence-corrected chi connectivity index (χ4v) is 1.84. The van der Waals surface area contributed by atoms with E-state index in [1.54, 1.807) is 26.0 Å². The van der Waals surface area contributed by atoms with Crippen LogP contribution in [-0.2, 0) is 6.54 Å².